The van der Waals surface area contributed by atoms with E-state index in [4.69, 9.17) is 0 Å². The van der Waals surface area contributed by atoms with Gasteiger partial charge in [0.2, 0.25) is 0 Å². The number of carbonyl (C=O) groups excluding carboxylic acids is 2. The Morgan fingerprint density at radius 1 is 0.667 bits per heavy atom. The molecular formula is C22H14F6N4O4-2. The minimum atomic E-state index is -4.81. The summed E-state index contributed by atoms with van der Waals surface area (Å²) in [5.74, 6) is -3.22. The lowest BCUT2D eigenvalue weighted by molar-refractivity contribution is -0.256. The third-order valence-electron chi connectivity index (χ3n) is 5.99. The van der Waals surface area contributed by atoms with Crippen LogP contribution in [0.15, 0.2) is 56.9 Å². The van der Waals surface area contributed by atoms with E-state index in [0.29, 0.717) is 0 Å². The molecule has 2 heterocycles. The average molecular weight is 512 g/mol. The lowest BCUT2D eigenvalue weighted by Gasteiger charge is -2.19. The number of unbranched alkanes of at least 4 members (excludes halogenated alkanes) is 1. The molecule has 0 spiro atoms. The number of benzene rings is 2. The molecule has 0 saturated heterocycles. The summed E-state index contributed by atoms with van der Waals surface area (Å²) in [6, 6.07) is 5.88. The first-order valence-electron chi connectivity index (χ1n) is 10.4. The zero-order valence-corrected chi connectivity index (χ0v) is 18.0. The second-order valence-corrected chi connectivity index (χ2v) is 8.27. The van der Waals surface area contributed by atoms with Gasteiger partial charge in [0, 0.05) is 22.3 Å². The minimum Gasteiger partial charge on any atom is -0.545 e. The van der Waals surface area contributed by atoms with E-state index in [9.17, 15) is 46.1 Å². The van der Waals surface area contributed by atoms with Gasteiger partial charge in [0.25, 0.3) is 0 Å². The summed E-state index contributed by atoms with van der Waals surface area (Å²) in [7, 11) is 0. The molecule has 190 valence electrons. The van der Waals surface area contributed by atoms with Crippen LogP contribution in [0.1, 0.15) is 55.8 Å². The van der Waals surface area contributed by atoms with E-state index in [1.807, 2.05) is 0 Å². The molecule has 0 aromatic heterocycles. The predicted molar refractivity (Wildman–Crippen MR) is 103 cm³/mol. The molecule has 2 aliphatic heterocycles. The smallest absolute Gasteiger partial charge is 0.442 e. The molecule has 0 N–H and O–H groups in total. The van der Waals surface area contributed by atoms with Gasteiger partial charge in [-0.25, -0.2) is 0 Å². The number of hydrogen-bond acceptors (Lipinski definition) is 8. The third kappa shape index (κ3) is 4.31. The molecule has 0 aliphatic carbocycles. The second kappa shape index (κ2) is 8.38. The Labute approximate surface area is 198 Å². The molecule has 2 aliphatic rings. The number of alkyl halides is 6. The van der Waals surface area contributed by atoms with Gasteiger partial charge in [-0.1, -0.05) is 36.4 Å². The number of halogens is 6. The Morgan fingerprint density at radius 2 is 1.00 bits per heavy atom. The SMILES string of the molecule is O=C([O-])c1ccc(C2(C(F)(F)F)N=N2)cc1CCCCc1cc(C2(C(F)(F)F)N=N2)ccc1C(=O)[O-]. The van der Waals surface area contributed by atoms with Crippen LogP contribution in [-0.4, -0.2) is 24.3 Å². The van der Waals surface area contributed by atoms with Crippen LogP contribution in [0.25, 0.3) is 0 Å². The van der Waals surface area contributed by atoms with Crippen LogP contribution in [0.4, 0.5) is 26.3 Å². The van der Waals surface area contributed by atoms with Gasteiger partial charge in [-0.3, -0.25) is 0 Å². The maximum atomic E-state index is 13.3. The Kier molecular flexibility index (Phi) is 5.88. The highest BCUT2D eigenvalue weighted by Gasteiger charge is 2.66. The fourth-order valence-electron chi connectivity index (χ4n) is 3.95. The van der Waals surface area contributed by atoms with Gasteiger partial charge in [0.1, 0.15) is 0 Å². The maximum absolute atomic E-state index is 13.3. The second-order valence-electron chi connectivity index (χ2n) is 8.27. The van der Waals surface area contributed by atoms with E-state index in [-0.39, 0.29) is 59.1 Å². The van der Waals surface area contributed by atoms with Crippen molar-refractivity contribution >= 4 is 11.9 Å². The molecule has 36 heavy (non-hydrogen) atoms. The number of rotatable bonds is 9. The van der Waals surface area contributed by atoms with Crippen molar-refractivity contribution in [3.8, 4) is 0 Å². The van der Waals surface area contributed by atoms with Crippen molar-refractivity contribution in [2.75, 3.05) is 0 Å². The van der Waals surface area contributed by atoms with Crippen LogP contribution >= 0.6 is 0 Å². The number of carboxylic acids is 2. The highest BCUT2D eigenvalue weighted by Crippen LogP contribution is 2.53. The van der Waals surface area contributed by atoms with Crippen LogP contribution in [0.5, 0.6) is 0 Å². The first kappa shape index (κ1) is 25.3. The minimum absolute atomic E-state index is 0.0221. The van der Waals surface area contributed by atoms with Crippen LogP contribution < -0.4 is 10.2 Å². The normalized spacial score (nSPS) is 17.2. The van der Waals surface area contributed by atoms with Gasteiger partial charge in [-0.2, -0.15) is 26.3 Å². The van der Waals surface area contributed by atoms with E-state index >= 15 is 0 Å². The van der Waals surface area contributed by atoms with E-state index < -0.39 is 35.6 Å². The Balaban J connectivity index is 1.51. The molecule has 0 amide bonds. The molecule has 0 radical (unpaired) electrons. The lowest BCUT2D eigenvalue weighted by atomic mass is 9.92. The molecule has 2 aromatic rings. The van der Waals surface area contributed by atoms with Crippen molar-refractivity contribution in [2.45, 2.75) is 49.4 Å². The number of aromatic carboxylic acids is 2. The zero-order chi connectivity index (χ0) is 26.5. The van der Waals surface area contributed by atoms with Gasteiger partial charge in [0.15, 0.2) is 0 Å². The number of aryl methyl sites for hydroxylation is 2. The van der Waals surface area contributed by atoms with Crippen LogP contribution in [0.2, 0.25) is 0 Å². The predicted octanol–water partition coefficient (Wildman–Crippen LogP) is 3.34. The Morgan fingerprint density at radius 3 is 1.25 bits per heavy atom. The monoisotopic (exact) mass is 512 g/mol. The van der Waals surface area contributed by atoms with E-state index in [1.54, 1.807) is 0 Å². The van der Waals surface area contributed by atoms with Crippen molar-refractivity contribution in [1.82, 2.24) is 0 Å². The fourth-order valence-corrected chi connectivity index (χ4v) is 3.95. The number of carboxylic acid groups (broad SMARTS) is 2. The summed E-state index contributed by atoms with van der Waals surface area (Å²) in [5, 5.41) is 35.2. The molecule has 8 nitrogen and oxygen atoms in total. The highest BCUT2D eigenvalue weighted by atomic mass is 19.4. The molecule has 2 aromatic carbocycles. The Hall–Kier alpha value is -3.84. The van der Waals surface area contributed by atoms with Gasteiger partial charge in [-0.05, 0) is 36.8 Å². The van der Waals surface area contributed by atoms with Crippen molar-refractivity contribution in [2.24, 2.45) is 20.5 Å². The van der Waals surface area contributed by atoms with Crippen LogP contribution in [0, 0.1) is 0 Å². The molecule has 0 unspecified atom stereocenters. The Bertz CT molecular complexity index is 1190. The van der Waals surface area contributed by atoms with E-state index in [1.165, 1.54) is 0 Å². The van der Waals surface area contributed by atoms with Gasteiger partial charge >= 0.3 is 23.7 Å². The fraction of sp³-hybridized carbons (Fsp3) is 0.364. The molecule has 0 atom stereocenters. The molecule has 0 saturated carbocycles. The highest BCUT2D eigenvalue weighted by molar-refractivity contribution is 5.88. The number of nitrogens with zero attached hydrogens (tertiary/aromatic N) is 4. The van der Waals surface area contributed by atoms with Crippen molar-refractivity contribution < 1.29 is 46.1 Å². The molecule has 4 rings (SSSR count). The average Bonchev–Trinajstić information content (AvgIpc) is 3.68. The summed E-state index contributed by atoms with van der Waals surface area (Å²) < 4.78 is 79.9. The summed E-state index contributed by atoms with van der Waals surface area (Å²) in [4.78, 5) is 22.9. The van der Waals surface area contributed by atoms with E-state index in [2.05, 4.69) is 20.5 Å². The van der Waals surface area contributed by atoms with Crippen molar-refractivity contribution in [3.63, 3.8) is 0 Å². The molecular weight excluding hydrogens is 498 g/mol. The molecule has 0 fully saturated rings. The zero-order valence-electron chi connectivity index (χ0n) is 18.0. The first-order chi connectivity index (χ1) is 16.7. The third-order valence-corrected chi connectivity index (χ3v) is 5.99. The summed E-state index contributed by atoms with van der Waals surface area (Å²) >= 11 is 0. The summed E-state index contributed by atoms with van der Waals surface area (Å²) in [6.45, 7) is 0. The molecule has 0 bridgehead atoms. The topological polar surface area (TPSA) is 130 Å². The summed E-state index contributed by atoms with van der Waals surface area (Å²) in [6.07, 6.45) is -9.38. The maximum Gasteiger partial charge on any atom is 0.442 e. The van der Waals surface area contributed by atoms with Gasteiger partial charge in [0.05, 0.1) is 11.9 Å². The van der Waals surface area contributed by atoms with Gasteiger partial charge < -0.3 is 19.8 Å². The van der Waals surface area contributed by atoms with Crippen LogP contribution in [-0.2, 0) is 24.2 Å². The first-order valence-corrected chi connectivity index (χ1v) is 10.4. The van der Waals surface area contributed by atoms with Crippen LogP contribution in [0.3, 0.4) is 0 Å². The number of carbonyl (C=O) groups is 2. The largest absolute Gasteiger partial charge is 0.545 e. The van der Waals surface area contributed by atoms with Crippen molar-refractivity contribution in [3.05, 3.63) is 69.8 Å². The van der Waals surface area contributed by atoms with Gasteiger partial charge in [-0.15, -0.1) is 20.5 Å². The lowest BCUT2D eigenvalue weighted by Crippen LogP contribution is -2.31. The quantitative estimate of drug-likeness (QED) is 0.377. The standard InChI is InChI=1S/C22H16F6N4O4/c23-21(24,25)19(29-30-19)13-5-7-15(17(33)34)11(9-13)3-1-2-4-12-10-14(6-8-16(12)18(35)36)20(31-32-20)22(26,27)28/h5-10H,1-4H2,(H,33,34)(H,35,36)/p-2. The molecule has 14 heteroatoms. The summed E-state index contributed by atoms with van der Waals surface area (Å²) in [5.41, 5.74) is -6.85. The van der Waals surface area contributed by atoms with E-state index in [0.717, 1.165) is 36.4 Å². The van der Waals surface area contributed by atoms with Crippen molar-refractivity contribution in [1.29, 1.82) is 0 Å². The number of hydrogen-bond donors (Lipinski definition) is 0.